The standard InChI is InChI=1S/C17H21N3O4/c1-22-13-6-5-12(10-14(13)23-2)11-15-18-16(24-19-15)7-9-20-8-3-4-17(20)21/h5-6,10H,3-4,7-9,11H2,1-2H3. The second kappa shape index (κ2) is 7.33. The van der Waals surface area contributed by atoms with Crippen LogP contribution < -0.4 is 9.47 Å². The number of methoxy groups -OCH3 is 2. The van der Waals surface area contributed by atoms with E-state index in [0.29, 0.717) is 49.0 Å². The first-order valence-corrected chi connectivity index (χ1v) is 7.99. The molecule has 0 atom stereocenters. The Labute approximate surface area is 140 Å². The normalized spacial score (nSPS) is 14.2. The number of nitrogens with zero attached hydrogens (tertiary/aromatic N) is 3. The molecule has 0 bridgehead atoms. The third kappa shape index (κ3) is 3.67. The van der Waals surface area contributed by atoms with Crippen molar-refractivity contribution in [3.63, 3.8) is 0 Å². The smallest absolute Gasteiger partial charge is 0.228 e. The number of likely N-dealkylation sites (tertiary alicyclic amines) is 1. The zero-order chi connectivity index (χ0) is 16.9. The lowest BCUT2D eigenvalue weighted by Crippen LogP contribution is -2.26. The number of rotatable bonds is 7. The Kier molecular flexibility index (Phi) is 4.98. The van der Waals surface area contributed by atoms with E-state index in [9.17, 15) is 4.79 Å². The molecule has 1 amide bonds. The summed E-state index contributed by atoms with van der Waals surface area (Å²) in [5.41, 5.74) is 1.01. The van der Waals surface area contributed by atoms with Gasteiger partial charge in [-0.05, 0) is 24.1 Å². The Bertz CT molecular complexity index is 714. The number of hydrogen-bond donors (Lipinski definition) is 0. The van der Waals surface area contributed by atoms with E-state index in [4.69, 9.17) is 14.0 Å². The number of carbonyl (C=O) groups is 1. The molecule has 128 valence electrons. The van der Waals surface area contributed by atoms with Crippen molar-refractivity contribution in [3.05, 3.63) is 35.5 Å². The van der Waals surface area contributed by atoms with Gasteiger partial charge in [-0.1, -0.05) is 11.2 Å². The first kappa shape index (κ1) is 16.3. The van der Waals surface area contributed by atoms with Crippen LogP contribution in [0.3, 0.4) is 0 Å². The van der Waals surface area contributed by atoms with Crippen molar-refractivity contribution >= 4 is 5.91 Å². The van der Waals surface area contributed by atoms with Gasteiger partial charge in [-0.15, -0.1) is 0 Å². The summed E-state index contributed by atoms with van der Waals surface area (Å²) in [5.74, 6) is 2.74. The van der Waals surface area contributed by atoms with Gasteiger partial charge in [0.25, 0.3) is 0 Å². The molecule has 1 aromatic heterocycles. The molecule has 2 aromatic rings. The van der Waals surface area contributed by atoms with Crippen LogP contribution >= 0.6 is 0 Å². The third-order valence-electron chi connectivity index (χ3n) is 4.09. The van der Waals surface area contributed by atoms with Crippen LogP contribution in [0.4, 0.5) is 0 Å². The van der Waals surface area contributed by atoms with Crippen LogP contribution in [0, 0.1) is 0 Å². The number of hydrogen-bond acceptors (Lipinski definition) is 6. The molecule has 1 fully saturated rings. The number of aromatic nitrogens is 2. The van der Waals surface area contributed by atoms with E-state index in [1.807, 2.05) is 23.1 Å². The highest BCUT2D eigenvalue weighted by atomic mass is 16.5. The molecule has 3 rings (SSSR count). The van der Waals surface area contributed by atoms with Crippen molar-refractivity contribution in [3.8, 4) is 11.5 Å². The molecule has 7 heteroatoms. The van der Waals surface area contributed by atoms with Crippen molar-refractivity contribution in [1.82, 2.24) is 15.0 Å². The Hall–Kier alpha value is -2.57. The SMILES string of the molecule is COc1ccc(Cc2noc(CCN3CCCC3=O)n2)cc1OC. The third-order valence-corrected chi connectivity index (χ3v) is 4.09. The minimum atomic E-state index is 0.208. The molecule has 0 aliphatic carbocycles. The molecule has 0 N–H and O–H groups in total. The van der Waals surface area contributed by atoms with E-state index < -0.39 is 0 Å². The van der Waals surface area contributed by atoms with Crippen LogP contribution in [0.25, 0.3) is 0 Å². The lowest BCUT2D eigenvalue weighted by atomic mass is 10.1. The van der Waals surface area contributed by atoms with Gasteiger partial charge in [-0.25, -0.2) is 0 Å². The largest absolute Gasteiger partial charge is 0.493 e. The first-order chi connectivity index (χ1) is 11.7. The van der Waals surface area contributed by atoms with E-state index in [0.717, 1.165) is 18.5 Å². The van der Waals surface area contributed by atoms with E-state index in [2.05, 4.69) is 10.1 Å². The Morgan fingerprint density at radius 3 is 2.79 bits per heavy atom. The predicted molar refractivity (Wildman–Crippen MR) is 86.2 cm³/mol. The summed E-state index contributed by atoms with van der Waals surface area (Å²) in [5, 5.41) is 4.01. The van der Waals surface area contributed by atoms with Crippen molar-refractivity contribution < 1.29 is 18.8 Å². The van der Waals surface area contributed by atoms with E-state index in [-0.39, 0.29) is 5.91 Å². The zero-order valence-corrected chi connectivity index (χ0v) is 13.9. The minimum absolute atomic E-state index is 0.208. The Balaban J connectivity index is 1.60. The van der Waals surface area contributed by atoms with Crippen LogP contribution in [-0.4, -0.2) is 48.3 Å². The highest BCUT2D eigenvalue weighted by molar-refractivity contribution is 5.78. The van der Waals surface area contributed by atoms with Crippen LogP contribution in [0.1, 0.15) is 30.1 Å². The molecule has 2 heterocycles. The first-order valence-electron chi connectivity index (χ1n) is 7.99. The van der Waals surface area contributed by atoms with Gasteiger partial charge in [0.15, 0.2) is 17.3 Å². The highest BCUT2D eigenvalue weighted by Crippen LogP contribution is 2.28. The number of carbonyl (C=O) groups excluding carboxylic acids is 1. The predicted octanol–water partition coefficient (Wildman–Crippen LogP) is 1.84. The average Bonchev–Trinajstić information content (AvgIpc) is 3.21. The molecule has 24 heavy (non-hydrogen) atoms. The average molecular weight is 331 g/mol. The molecule has 0 saturated carbocycles. The summed E-state index contributed by atoms with van der Waals surface area (Å²) >= 11 is 0. The van der Waals surface area contributed by atoms with Crippen molar-refractivity contribution in [2.75, 3.05) is 27.3 Å². The molecule has 1 saturated heterocycles. The van der Waals surface area contributed by atoms with E-state index >= 15 is 0 Å². The number of ether oxygens (including phenoxy) is 2. The zero-order valence-electron chi connectivity index (χ0n) is 13.9. The monoisotopic (exact) mass is 331 g/mol. The maximum atomic E-state index is 11.6. The summed E-state index contributed by atoms with van der Waals surface area (Å²) in [4.78, 5) is 17.8. The molecule has 1 aliphatic rings. The Morgan fingerprint density at radius 2 is 2.08 bits per heavy atom. The van der Waals surface area contributed by atoms with Crippen LogP contribution in [-0.2, 0) is 17.6 Å². The second-order valence-corrected chi connectivity index (χ2v) is 5.70. The molecule has 1 aliphatic heterocycles. The van der Waals surface area contributed by atoms with Gasteiger partial charge in [-0.2, -0.15) is 4.98 Å². The molecule has 0 unspecified atom stereocenters. The number of amides is 1. The molecule has 0 spiro atoms. The summed E-state index contributed by atoms with van der Waals surface area (Å²) in [6.45, 7) is 1.46. The van der Waals surface area contributed by atoms with Gasteiger partial charge < -0.3 is 18.9 Å². The van der Waals surface area contributed by atoms with Gasteiger partial charge in [0.2, 0.25) is 11.8 Å². The van der Waals surface area contributed by atoms with Crippen LogP contribution in [0.15, 0.2) is 22.7 Å². The maximum absolute atomic E-state index is 11.6. The lowest BCUT2D eigenvalue weighted by Gasteiger charge is -2.13. The molecule has 1 aromatic carbocycles. The maximum Gasteiger partial charge on any atom is 0.228 e. The lowest BCUT2D eigenvalue weighted by molar-refractivity contribution is -0.127. The number of benzene rings is 1. The highest BCUT2D eigenvalue weighted by Gasteiger charge is 2.20. The van der Waals surface area contributed by atoms with Crippen molar-refractivity contribution in [2.45, 2.75) is 25.7 Å². The van der Waals surface area contributed by atoms with Crippen LogP contribution in [0.5, 0.6) is 11.5 Å². The molecule has 0 radical (unpaired) electrons. The summed E-state index contributed by atoms with van der Waals surface area (Å²) in [6.07, 6.45) is 2.72. The van der Waals surface area contributed by atoms with E-state index in [1.165, 1.54) is 0 Å². The van der Waals surface area contributed by atoms with Gasteiger partial charge in [0.1, 0.15) is 0 Å². The molecular formula is C17H21N3O4. The second-order valence-electron chi connectivity index (χ2n) is 5.70. The fourth-order valence-electron chi connectivity index (χ4n) is 2.81. The fourth-order valence-corrected chi connectivity index (χ4v) is 2.81. The fraction of sp³-hybridized carbons (Fsp3) is 0.471. The topological polar surface area (TPSA) is 77.7 Å². The van der Waals surface area contributed by atoms with Gasteiger partial charge in [0.05, 0.1) is 14.2 Å². The Morgan fingerprint density at radius 1 is 1.25 bits per heavy atom. The van der Waals surface area contributed by atoms with Gasteiger partial charge >= 0.3 is 0 Å². The van der Waals surface area contributed by atoms with Gasteiger partial charge in [0, 0.05) is 32.4 Å². The molecular weight excluding hydrogens is 310 g/mol. The quantitative estimate of drug-likeness (QED) is 0.770. The van der Waals surface area contributed by atoms with Crippen LogP contribution in [0.2, 0.25) is 0 Å². The van der Waals surface area contributed by atoms with Crippen molar-refractivity contribution in [2.24, 2.45) is 0 Å². The summed E-state index contributed by atoms with van der Waals surface area (Å²) in [7, 11) is 3.21. The van der Waals surface area contributed by atoms with Gasteiger partial charge in [-0.3, -0.25) is 4.79 Å². The summed E-state index contributed by atoms with van der Waals surface area (Å²) in [6, 6.07) is 5.70. The van der Waals surface area contributed by atoms with E-state index in [1.54, 1.807) is 14.2 Å². The minimum Gasteiger partial charge on any atom is -0.493 e. The van der Waals surface area contributed by atoms with Crippen molar-refractivity contribution in [1.29, 1.82) is 0 Å². The summed E-state index contributed by atoms with van der Waals surface area (Å²) < 4.78 is 15.8. The molecule has 7 nitrogen and oxygen atoms in total.